The highest BCUT2D eigenvalue weighted by Crippen LogP contribution is 2.47. The van der Waals surface area contributed by atoms with Gasteiger partial charge in [-0.25, -0.2) is 8.78 Å². The Morgan fingerprint density at radius 1 is 1.29 bits per heavy atom. The molecule has 2 fully saturated rings. The molecule has 2 aliphatic rings. The highest BCUT2D eigenvalue weighted by Gasteiger charge is 2.43. The fourth-order valence-corrected chi connectivity index (χ4v) is 3.64. The summed E-state index contributed by atoms with van der Waals surface area (Å²) >= 11 is 0. The normalized spacial score (nSPS) is 19.1. The second-order valence-electron chi connectivity index (χ2n) is 6.75. The average molecular weight is 449 g/mol. The van der Waals surface area contributed by atoms with Gasteiger partial charge in [-0.1, -0.05) is 6.42 Å². The van der Waals surface area contributed by atoms with Crippen LogP contribution in [0.1, 0.15) is 38.2 Å². The largest absolute Gasteiger partial charge is 0.357 e. The molecule has 1 N–H and O–H groups in total. The Kier molecular flexibility index (Phi) is 6.83. The Morgan fingerprint density at radius 3 is 2.71 bits per heavy atom. The number of nitrogens with zero attached hydrogens (tertiary/aromatic N) is 2. The van der Waals surface area contributed by atoms with Crippen LogP contribution in [0.25, 0.3) is 0 Å². The Labute approximate surface area is 159 Å². The zero-order chi connectivity index (χ0) is 16.3. The van der Waals surface area contributed by atoms with Crippen LogP contribution in [-0.2, 0) is 6.42 Å². The molecule has 3 nitrogen and oxygen atoms in total. The molecule has 24 heavy (non-hydrogen) atoms. The monoisotopic (exact) mass is 449 g/mol. The number of guanidine groups is 1. The summed E-state index contributed by atoms with van der Waals surface area (Å²) in [6.45, 7) is 5.45. The summed E-state index contributed by atoms with van der Waals surface area (Å²) < 4.78 is 26.9. The predicted molar refractivity (Wildman–Crippen MR) is 104 cm³/mol. The van der Waals surface area contributed by atoms with Crippen LogP contribution in [0.2, 0.25) is 0 Å². The number of nitrogens with one attached hydrogen (secondary N) is 1. The molecule has 0 atom stereocenters. The summed E-state index contributed by atoms with van der Waals surface area (Å²) in [6, 6.07) is 3.59. The molecule has 1 saturated heterocycles. The lowest BCUT2D eigenvalue weighted by Crippen LogP contribution is -2.42. The standard InChI is InChI=1S/C18H25F2N3.HI/c1-2-21-17(23-11-9-18(13-23)7-3-8-18)22-10-6-14-12-15(19)4-5-16(14)20;/h4-5,12H,2-3,6-11,13H2,1H3,(H,21,22);1H. The quantitative estimate of drug-likeness (QED) is 0.428. The molecule has 1 spiro atoms. The minimum absolute atomic E-state index is 0. The van der Waals surface area contributed by atoms with E-state index in [4.69, 9.17) is 0 Å². The van der Waals surface area contributed by atoms with Gasteiger partial charge in [0.25, 0.3) is 0 Å². The number of aliphatic imine (C=N–C) groups is 1. The molecule has 0 amide bonds. The zero-order valence-electron chi connectivity index (χ0n) is 14.2. The van der Waals surface area contributed by atoms with Crippen LogP contribution in [-0.4, -0.2) is 37.0 Å². The summed E-state index contributed by atoms with van der Waals surface area (Å²) in [5, 5.41) is 3.33. The molecular weight excluding hydrogens is 423 g/mol. The maximum atomic E-state index is 13.7. The number of hydrogen-bond donors (Lipinski definition) is 1. The smallest absolute Gasteiger partial charge is 0.193 e. The molecule has 0 radical (unpaired) electrons. The van der Waals surface area contributed by atoms with E-state index in [9.17, 15) is 8.78 Å². The van der Waals surface area contributed by atoms with Gasteiger partial charge in [-0.3, -0.25) is 4.99 Å². The van der Waals surface area contributed by atoms with Crippen molar-refractivity contribution >= 4 is 29.9 Å². The Hall–Kier alpha value is -0.920. The molecule has 6 heteroatoms. The third kappa shape index (κ3) is 4.37. The highest BCUT2D eigenvalue weighted by molar-refractivity contribution is 14.0. The van der Waals surface area contributed by atoms with Crippen LogP contribution in [0, 0.1) is 17.0 Å². The van der Waals surface area contributed by atoms with Gasteiger partial charge in [-0.2, -0.15) is 0 Å². The summed E-state index contributed by atoms with van der Waals surface area (Å²) in [4.78, 5) is 6.95. The van der Waals surface area contributed by atoms with Crippen LogP contribution < -0.4 is 5.32 Å². The molecule has 1 aliphatic carbocycles. The molecule has 134 valence electrons. The van der Waals surface area contributed by atoms with Gasteiger partial charge < -0.3 is 10.2 Å². The maximum Gasteiger partial charge on any atom is 0.193 e. The fourth-order valence-electron chi connectivity index (χ4n) is 3.64. The summed E-state index contributed by atoms with van der Waals surface area (Å²) in [6.07, 6.45) is 5.67. The maximum absolute atomic E-state index is 13.7. The van der Waals surface area contributed by atoms with Gasteiger partial charge in [-0.05, 0) is 61.8 Å². The van der Waals surface area contributed by atoms with Crippen molar-refractivity contribution in [1.29, 1.82) is 0 Å². The summed E-state index contributed by atoms with van der Waals surface area (Å²) in [5.41, 5.74) is 0.909. The third-order valence-electron chi connectivity index (χ3n) is 5.14. The lowest BCUT2D eigenvalue weighted by molar-refractivity contribution is 0.151. The molecule has 0 aromatic heterocycles. The molecule has 1 aromatic carbocycles. The van der Waals surface area contributed by atoms with Crippen LogP contribution in [0.4, 0.5) is 8.78 Å². The molecule has 1 aliphatic heterocycles. The molecule has 3 rings (SSSR count). The second-order valence-corrected chi connectivity index (χ2v) is 6.75. The van der Waals surface area contributed by atoms with Crippen molar-refractivity contribution in [2.45, 2.75) is 39.0 Å². The topological polar surface area (TPSA) is 27.6 Å². The van der Waals surface area contributed by atoms with Crippen molar-refractivity contribution in [3.05, 3.63) is 35.4 Å². The average Bonchev–Trinajstić information content (AvgIpc) is 2.95. The molecule has 0 unspecified atom stereocenters. The first-order chi connectivity index (χ1) is 11.1. The summed E-state index contributed by atoms with van der Waals surface area (Å²) in [7, 11) is 0. The molecule has 1 heterocycles. The van der Waals surface area contributed by atoms with E-state index in [1.165, 1.54) is 37.8 Å². The van der Waals surface area contributed by atoms with Gasteiger partial charge in [-0.15, -0.1) is 24.0 Å². The number of rotatable bonds is 4. The van der Waals surface area contributed by atoms with Crippen molar-refractivity contribution in [2.24, 2.45) is 10.4 Å². The molecule has 1 aromatic rings. The van der Waals surface area contributed by atoms with Gasteiger partial charge >= 0.3 is 0 Å². The number of halogens is 3. The Balaban J connectivity index is 0.00000208. The van der Waals surface area contributed by atoms with E-state index in [1.54, 1.807) is 0 Å². The minimum Gasteiger partial charge on any atom is -0.357 e. The minimum atomic E-state index is -0.399. The van der Waals surface area contributed by atoms with Gasteiger partial charge in [0.2, 0.25) is 0 Å². The van der Waals surface area contributed by atoms with Crippen LogP contribution >= 0.6 is 24.0 Å². The third-order valence-corrected chi connectivity index (χ3v) is 5.14. The van der Waals surface area contributed by atoms with Crippen molar-refractivity contribution in [3.8, 4) is 0 Å². The van der Waals surface area contributed by atoms with Crippen LogP contribution in [0.15, 0.2) is 23.2 Å². The van der Waals surface area contributed by atoms with Gasteiger partial charge in [0.05, 0.1) is 0 Å². The predicted octanol–water partition coefficient (Wildman–Crippen LogP) is 3.97. The molecule has 1 saturated carbocycles. The number of benzene rings is 1. The van der Waals surface area contributed by atoms with Crippen LogP contribution in [0.5, 0.6) is 0 Å². The highest BCUT2D eigenvalue weighted by atomic mass is 127. The fraction of sp³-hybridized carbons (Fsp3) is 0.611. The Bertz CT molecular complexity index is 588. The number of hydrogen-bond acceptors (Lipinski definition) is 1. The van der Waals surface area contributed by atoms with Crippen molar-refractivity contribution in [2.75, 3.05) is 26.2 Å². The van der Waals surface area contributed by atoms with E-state index in [1.807, 2.05) is 0 Å². The van der Waals surface area contributed by atoms with E-state index in [0.717, 1.165) is 31.7 Å². The first-order valence-corrected chi connectivity index (χ1v) is 8.59. The summed E-state index contributed by atoms with van der Waals surface area (Å²) in [5.74, 6) is 0.151. The second kappa shape index (κ2) is 8.45. The zero-order valence-corrected chi connectivity index (χ0v) is 16.5. The number of likely N-dealkylation sites (tertiary alicyclic amines) is 1. The van der Waals surface area contributed by atoms with Gasteiger partial charge in [0.15, 0.2) is 5.96 Å². The van der Waals surface area contributed by atoms with E-state index in [-0.39, 0.29) is 29.8 Å². The first kappa shape index (κ1) is 19.4. The Morgan fingerprint density at radius 2 is 2.08 bits per heavy atom. The van der Waals surface area contributed by atoms with Gasteiger partial charge in [0, 0.05) is 26.2 Å². The van der Waals surface area contributed by atoms with Crippen molar-refractivity contribution in [1.82, 2.24) is 10.2 Å². The molecule has 0 bridgehead atoms. The van der Waals surface area contributed by atoms with Crippen molar-refractivity contribution < 1.29 is 8.78 Å². The van der Waals surface area contributed by atoms with E-state index in [0.29, 0.717) is 23.9 Å². The van der Waals surface area contributed by atoms with E-state index >= 15 is 0 Å². The van der Waals surface area contributed by atoms with Crippen LogP contribution in [0.3, 0.4) is 0 Å². The van der Waals surface area contributed by atoms with Gasteiger partial charge in [0.1, 0.15) is 11.6 Å². The van der Waals surface area contributed by atoms with E-state index in [2.05, 4.69) is 22.1 Å². The SMILES string of the molecule is CCNC(=NCCc1cc(F)ccc1F)N1CCC2(CCC2)C1.I. The first-order valence-electron chi connectivity index (χ1n) is 8.59. The lowest BCUT2D eigenvalue weighted by Gasteiger charge is -2.38. The van der Waals surface area contributed by atoms with E-state index < -0.39 is 5.82 Å². The molecular formula is C18H26F2IN3. The lowest BCUT2D eigenvalue weighted by atomic mass is 9.68. The van der Waals surface area contributed by atoms with Crippen molar-refractivity contribution in [3.63, 3.8) is 0 Å².